The Labute approximate surface area is 101 Å². The number of carboxylic acids is 1. The van der Waals surface area contributed by atoms with E-state index in [-0.39, 0.29) is 5.69 Å². The maximum atomic E-state index is 10.9. The van der Waals surface area contributed by atoms with Gasteiger partial charge in [-0.1, -0.05) is 6.07 Å². The zero-order valence-corrected chi connectivity index (χ0v) is 9.49. The summed E-state index contributed by atoms with van der Waals surface area (Å²) in [5, 5.41) is 11.8. The Hall–Kier alpha value is -2.14. The molecule has 0 bridgehead atoms. The number of carbonyl (C=O) groups is 1. The first kappa shape index (κ1) is 10.0. The summed E-state index contributed by atoms with van der Waals surface area (Å²) in [4.78, 5) is 18.9. The highest BCUT2D eigenvalue weighted by Crippen LogP contribution is 2.31. The lowest BCUT2D eigenvalue weighted by atomic mass is 10.1. The van der Waals surface area contributed by atoms with E-state index in [1.54, 1.807) is 23.6 Å². The van der Waals surface area contributed by atoms with E-state index >= 15 is 0 Å². The van der Waals surface area contributed by atoms with Gasteiger partial charge in [-0.05, 0) is 23.6 Å². The molecule has 0 fully saturated rings. The molecule has 17 heavy (non-hydrogen) atoms. The molecule has 5 heteroatoms. The predicted molar refractivity (Wildman–Crippen MR) is 66.4 cm³/mol. The van der Waals surface area contributed by atoms with E-state index in [9.17, 15) is 4.79 Å². The summed E-state index contributed by atoms with van der Waals surface area (Å²) < 4.78 is 0. The number of aromatic carboxylic acids is 1. The Balaban J connectivity index is 2.29. The van der Waals surface area contributed by atoms with Crippen LogP contribution in [0, 0.1) is 0 Å². The Morgan fingerprint density at radius 1 is 1.41 bits per heavy atom. The van der Waals surface area contributed by atoms with Crippen molar-refractivity contribution in [1.82, 2.24) is 9.97 Å². The second kappa shape index (κ2) is 3.71. The summed E-state index contributed by atoms with van der Waals surface area (Å²) in [6.07, 6.45) is 1.68. The number of nitrogens with zero attached hydrogens (tertiary/aromatic N) is 1. The van der Waals surface area contributed by atoms with Crippen LogP contribution in [0.25, 0.3) is 21.5 Å². The van der Waals surface area contributed by atoms with Crippen molar-refractivity contribution in [3.05, 3.63) is 41.5 Å². The highest BCUT2D eigenvalue weighted by atomic mass is 32.1. The molecule has 2 N–H and O–H groups in total. The zero-order chi connectivity index (χ0) is 11.8. The van der Waals surface area contributed by atoms with Gasteiger partial charge in [-0.2, -0.15) is 0 Å². The van der Waals surface area contributed by atoms with Crippen LogP contribution in [0.4, 0.5) is 0 Å². The molecule has 0 spiro atoms. The van der Waals surface area contributed by atoms with E-state index < -0.39 is 5.97 Å². The smallest absolute Gasteiger partial charge is 0.352 e. The molecule has 0 saturated carbocycles. The van der Waals surface area contributed by atoms with Crippen LogP contribution >= 0.6 is 11.3 Å². The van der Waals surface area contributed by atoms with Crippen molar-refractivity contribution < 1.29 is 9.90 Å². The van der Waals surface area contributed by atoms with Crippen molar-refractivity contribution in [2.24, 2.45) is 0 Å². The quantitative estimate of drug-likeness (QED) is 0.728. The lowest BCUT2D eigenvalue weighted by Gasteiger charge is -1.98. The molecule has 3 rings (SSSR count). The molecule has 0 atom stereocenters. The van der Waals surface area contributed by atoms with Crippen LogP contribution in [0.1, 0.15) is 10.5 Å². The molecule has 0 aliphatic heterocycles. The summed E-state index contributed by atoms with van der Waals surface area (Å²) >= 11 is 1.62. The van der Waals surface area contributed by atoms with Crippen LogP contribution in [-0.4, -0.2) is 21.0 Å². The van der Waals surface area contributed by atoms with Crippen LogP contribution in [0.5, 0.6) is 0 Å². The molecule has 84 valence electrons. The van der Waals surface area contributed by atoms with E-state index in [1.165, 1.54) is 0 Å². The van der Waals surface area contributed by atoms with Gasteiger partial charge in [0.2, 0.25) is 0 Å². The van der Waals surface area contributed by atoms with E-state index in [4.69, 9.17) is 5.11 Å². The SMILES string of the molecule is O=C(O)c1cc2c(-c3cccs3)ccnc2[nH]1. The van der Waals surface area contributed by atoms with Crippen molar-refractivity contribution in [1.29, 1.82) is 0 Å². The second-order valence-electron chi connectivity index (χ2n) is 3.59. The number of pyridine rings is 1. The second-order valence-corrected chi connectivity index (χ2v) is 4.53. The topological polar surface area (TPSA) is 66.0 Å². The molecule has 0 saturated heterocycles. The first-order valence-corrected chi connectivity index (χ1v) is 5.88. The molecule has 3 aromatic rings. The van der Waals surface area contributed by atoms with Gasteiger partial charge in [0.25, 0.3) is 0 Å². The molecule has 0 aliphatic carbocycles. The van der Waals surface area contributed by atoms with Crippen LogP contribution < -0.4 is 0 Å². The van der Waals surface area contributed by atoms with Gasteiger partial charge >= 0.3 is 5.97 Å². The van der Waals surface area contributed by atoms with E-state index in [0.717, 1.165) is 15.8 Å². The number of nitrogens with one attached hydrogen (secondary N) is 1. The number of carboxylic acid groups (broad SMARTS) is 1. The first-order chi connectivity index (χ1) is 8.25. The van der Waals surface area contributed by atoms with E-state index in [0.29, 0.717) is 5.65 Å². The number of H-pyrrole nitrogens is 1. The third-order valence-corrected chi connectivity index (χ3v) is 3.45. The molecule has 3 heterocycles. The largest absolute Gasteiger partial charge is 0.477 e. The fourth-order valence-electron chi connectivity index (χ4n) is 1.79. The maximum Gasteiger partial charge on any atom is 0.352 e. The van der Waals surface area contributed by atoms with Gasteiger partial charge in [0, 0.05) is 22.0 Å². The number of rotatable bonds is 2. The first-order valence-electron chi connectivity index (χ1n) is 5.00. The van der Waals surface area contributed by atoms with Gasteiger partial charge in [0.1, 0.15) is 11.3 Å². The molecule has 4 nitrogen and oxygen atoms in total. The number of hydrogen-bond donors (Lipinski definition) is 2. The van der Waals surface area contributed by atoms with Gasteiger partial charge in [-0.3, -0.25) is 0 Å². The third kappa shape index (κ3) is 1.60. The van der Waals surface area contributed by atoms with Crippen molar-refractivity contribution in [3.8, 4) is 10.4 Å². The van der Waals surface area contributed by atoms with Crippen molar-refractivity contribution in [3.63, 3.8) is 0 Å². The van der Waals surface area contributed by atoms with Crippen LogP contribution in [0.2, 0.25) is 0 Å². The summed E-state index contributed by atoms with van der Waals surface area (Å²) in [6.45, 7) is 0. The lowest BCUT2D eigenvalue weighted by molar-refractivity contribution is 0.0691. The van der Waals surface area contributed by atoms with E-state index in [2.05, 4.69) is 9.97 Å². The third-order valence-electron chi connectivity index (χ3n) is 2.55. The van der Waals surface area contributed by atoms with Gasteiger partial charge in [0.05, 0.1) is 0 Å². The summed E-state index contributed by atoms with van der Waals surface area (Å²) in [6, 6.07) is 7.50. The Morgan fingerprint density at radius 3 is 3.00 bits per heavy atom. The molecule has 0 aromatic carbocycles. The predicted octanol–water partition coefficient (Wildman–Crippen LogP) is 2.99. The Bertz CT molecular complexity index is 686. The summed E-state index contributed by atoms with van der Waals surface area (Å²) in [5.74, 6) is -0.972. The molecule has 0 amide bonds. The Morgan fingerprint density at radius 2 is 2.29 bits per heavy atom. The maximum absolute atomic E-state index is 10.9. The van der Waals surface area contributed by atoms with Gasteiger partial charge in [-0.25, -0.2) is 9.78 Å². The van der Waals surface area contributed by atoms with E-state index in [1.807, 2.05) is 23.6 Å². The molecule has 0 radical (unpaired) electrons. The standard InChI is InChI=1S/C12H8N2O2S/c15-12(16)9-6-8-7(10-2-1-5-17-10)3-4-13-11(8)14-9/h1-6H,(H,13,14)(H,15,16). The lowest BCUT2D eigenvalue weighted by Crippen LogP contribution is -1.94. The average molecular weight is 244 g/mol. The number of aromatic amines is 1. The molecule has 0 aliphatic rings. The summed E-state index contributed by atoms with van der Waals surface area (Å²) in [5.41, 5.74) is 1.78. The van der Waals surface area contributed by atoms with Crippen LogP contribution in [0.3, 0.4) is 0 Å². The number of fused-ring (bicyclic) bond motifs is 1. The highest BCUT2D eigenvalue weighted by molar-refractivity contribution is 7.13. The van der Waals surface area contributed by atoms with Gasteiger partial charge in [-0.15, -0.1) is 11.3 Å². The van der Waals surface area contributed by atoms with Gasteiger partial charge in [0.15, 0.2) is 0 Å². The molecule has 3 aromatic heterocycles. The number of hydrogen-bond acceptors (Lipinski definition) is 3. The Kier molecular flexibility index (Phi) is 2.19. The fourth-order valence-corrected chi connectivity index (χ4v) is 2.55. The van der Waals surface area contributed by atoms with Crippen LogP contribution in [0.15, 0.2) is 35.8 Å². The highest BCUT2D eigenvalue weighted by Gasteiger charge is 2.12. The molecule has 0 unspecified atom stereocenters. The molecular weight excluding hydrogens is 236 g/mol. The normalized spacial score (nSPS) is 10.8. The molecular formula is C12H8N2O2S. The number of thiophene rings is 1. The monoisotopic (exact) mass is 244 g/mol. The van der Waals surface area contributed by atoms with Crippen molar-refractivity contribution in [2.45, 2.75) is 0 Å². The summed E-state index contributed by atoms with van der Waals surface area (Å²) in [7, 11) is 0. The van der Waals surface area contributed by atoms with Crippen molar-refractivity contribution in [2.75, 3.05) is 0 Å². The average Bonchev–Trinajstić information content (AvgIpc) is 2.97. The number of aromatic nitrogens is 2. The van der Waals surface area contributed by atoms with Crippen molar-refractivity contribution >= 4 is 28.3 Å². The fraction of sp³-hybridized carbons (Fsp3) is 0. The minimum atomic E-state index is -0.972. The van der Waals surface area contributed by atoms with Gasteiger partial charge < -0.3 is 10.1 Å². The minimum absolute atomic E-state index is 0.163. The zero-order valence-electron chi connectivity index (χ0n) is 8.68. The van der Waals surface area contributed by atoms with Crippen LogP contribution in [-0.2, 0) is 0 Å². The minimum Gasteiger partial charge on any atom is -0.477 e.